The van der Waals surface area contributed by atoms with Crippen LogP contribution in [0.1, 0.15) is 25.5 Å². The number of methoxy groups -OCH3 is 1. The van der Waals surface area contributed by atoms with Crippen LogP contribution in [0, 0.1) is 0 Å². The molecule has 18 heavy (non-hydrogen) atoms. The van der Waals surface area contributed by atoms with Crippen molar-refractivity contribution >= 4 is 10.0 Å². The third-order valence-corrected chi connectivity index (χ3v) is 4.05. The largest absolute Gasteiger partial charge is 0.389 e. The van der Waals surface area contributed by atoms with Crippen molar-refractivity contribution in [1.82, 2.24) is 4.72 Å². The van der Waals surface area contributed by atoms with Gasteiger partial charge >= 0.3 is 0 Å². The summed E-state index contributed by atoms with van der Waals surface area (Å²) >= 11 is 0. The molecule has 0 aliphatic carbocycles. The summed E-state index contributed by atoms with van der Waals surface area (Å²) in [6.07, 6.45) is -0.609. The van der Waals surface area contributed by atoms with E-state index in [1.54, 1.807) is 26.0 Å². The second-order valence-corrected chi connectivity index (χ2v) is 5.94. The molecule has 0 saturated carbocycles. The molecule has 0 heterocycles. The Morgan fingerprint density at radius 2 is 1.83 bits per heavy atom. The van der Waals surface area contributed by atoms with Crippen molar-refractivity contribution in [1.29, 1.82) is 0 Å². The summed E-state index contributed by atoms with van der Waals surface area (Å²) in [7, 11) is -2.02. The fraction of sp³-hybridized carbons (Fsp3) is 0.500. The molecular weight excluding hydrogens is 254 g/mol. The number of hydrogen-bond acceptors (Lipinski definition) is 4. The van der Waals surface area contributed by atoms with E-state index in [2.05, 4.69) is 4.72 Å². The maximum Gasteiger partial charge on any atom is 0.240 e. The smallest absolute Gasteiger partial charge is 0.240 e. The minimum absolute atomic E-state index is 0.176. The fourth-order valence-electron chi connectivity index (χ4n) is 1.54. The van der Waals surface area contributed by atoms with Crippen molar-refractivity contribution in [2.45, 2.75) is 30.9 Å². The van der Waals surface area contributed by atoms with Crippen LogP contribution in [0.2, 0.25) is 0 Å². The first kappa shape index (κ1) is 15.1. The number of hydrogen-bond donors (Lipinski definition) is 2. The number of sulfonamides is 1. The van der Waals surface area contributed by atoms with Crippen LogP contribution in [0.4, 0.5) is 0 Å². The summed E-state index contributed by atoms with van der Waals surface area (Å²) in [6.45, 7) is 3.67. The Hall–Kier alpha value is -0.950. The molecule has 0 fully saturated rings. The van der Waals surface area contributed by atoms with Gasteiger partial charge in [-0.05, 0) is 31.5 Å². The lowest BCUT2D eigenvalue weighted by atomic mass is 10.1. The molecule has 1 aromatic rings. The molecule has 5 nitrogen and oxygen atoms in total. The average Bonchev–Trinajstić information content (AvgIpc) is 2.28. The Balaban J connectivity index is 2.85. The third-order valence-electron chi connectivity index (χ3n) is 2.45. The van der Waals surface area contributed by atoms with Gasteiger partial charge in [-0.2, -0.15) is 0 Å². The molecule has 102 valence electrons. The molecule has 0 saturated heterocycles. The molecular formula is C12H19NO4S. The maximum absolute atomic E-state index is 12.0. The van der Waals surface area contributed by atoms with E-state index in [-0.39, 0.29) is 10.9 Å². The molecule has 0 radical (unpaired) electrons. The lowest BCUT2D eigenvalue weighted by molar-refractivity contribution is 0.180. The zero-order valence-electron chi connectivity index (χ0n) is 10.8. The standard InChI is InChI=1S/C12H19NO4S/c1-9(8-17-3)13-18(15,16)12-6-4-11(5-7-12)10(2)14/h4-7,9-10,13-14H,8H2,1-3H3. The molecule has 6 heteroatoms. The molecule has 2 unspecified atom stereocenters. The quantitative estimate of drug-likeness (QED) is 0.812. The van der Waals surface area contributed by atoms with Gasteiger partial charge in [-0.15, -0.1) is 0 Å². The number of benzene rings is 1. The number of ether oxygens (including phenoxy) is 1. The summed E-state index contributed by atoms with van der Waals surface area (Å²) in [5.74, 6) is 0. The van der Waals surface area contributed by atoms with Crippen molar-refractivity contribution in [2.24, 2.45) is 0 Å². The monoisotopic (exact) mass is 273 g/mol. The first-order chi connectivity index (χ1) is 8.36. The van der Waals surface area contributed by atoms with E-state index in [0.717, 1.165) is 0 Å². The number of rotatable bonds is 6. The van der Waals surface area contributed by atoms with Crippen LogP contribution < -0.4 is 4.72 Å². The van der Waals surface area contributed by atoms with Gasteiger partial charge < -0.3 is 9.84 Å². The van der Waals surface area contributed by atoms with Crippen molar-refractivity contribution in [3.8, 4) is 0 Å². The second-order valence-electron chi connectivity index (χ2n) is 4.22. The average molecular weight is 273 g/mol. The van der Waals surface area contributed by atoms with Crippen molar-refractivity contribution in [3.63, 3.8) is 0 Å². The van der Waals surface area contributed by atoms with Gasteiger partial charge in [-0.1, -0.05) is 12.1 Å². The molecule has 0 aliphatic heterocycles. The lowest BCUT2D eigenvalue weighted by Gasteiger charge is -2.13. The van der Waals surface area contributed by atoms with Crippen LogP contribution in [0.25, 0.3) is 0 Å². The predicted molar refractivity (Wildman–Crippen MR) is 68.7 cm³/mol. The highest BCUT2D eigenvalue weighted by Crippen LogP contribution is 2.16. The van der Waals surface area contributed by atoms with Crippen molar-refractivity contribution in [3.05, 3.63) is 29.8 Å². The van der Waals surface area contributed by atoms with Crippen LogP contribution in [0.3, 0.4) is 0 Å². The van der Waals surface area contributed by atoms with Gasteiger partial charge in [0, 0.05) is 13.2 Å². The highest BCUT2D eigenvalue weighted by atomic mass is 32.2. The van der Waals surface area contributed by atoms with Gasteiger partial charge in [0.2, 0.25) is 10.0 Å². The van der Waals surface area contributed by atoms with Crippen LogP contribution in [-0.4, -0.2) is 33.3 Å². The van der Waals surface area contributed by atoms with Crippen molar-refractivity contribution in [2.75, 3.05) is 13.7 Å². The van der Waals surface area contributed by atoms with E-state index in [9.17, 15) is 13.5 Å². The lowest BCUT2D eigenvalue weighted by Crippen LogP contribution is -2.35. The third kappa shape index (κ3) is 4.06. The molecule has 2 atom stereocenters. The van der Waals surface area contributed by atoms with Crippen molar-refractivity contribution < 1.29 is 18.3 Å². The zero-order valence-corrected chi connectivity index (χ0v) is 11.6. The van der Waals surface area contributed by atoms with E-state index in [1.165, 1.54) is 19.2 Å². The van der Waals surface area contributed by atoms with Gasteiger partial charge in [0.25, 0.3) is 0 Å². The number of aliphatic hydroxyl groups excluding tert-OH is 1. The predicted octanol–water partition coefficient (Wildman–Crippen LogP) is 1.05. The van der Waals surface area contributed by atoms with E-state index >= 15 is 0 Å². The van der Waals surface area contributed by atoms with Gasteiger partial charge in [0.15, 0.2) is 0 Å². The Morgan fingerprint density at radius 3 is 2.28 bits per heavy atom. The zero-order chi connectivity index (χ0) is 13.8. The highest BCUT2D eigenvalue weighted by molar-refractivity contribution is 7.89. The van der Waals surface area contributed by atoms with Gasteiger partial charge in [-0.3, -0.25) is 0 Å². The fourth-order valence-corrected chi connectivity index (χ4v) is 2.77. The van der Waals surface area contributed by atoms with E-state index in [0.29, 0.717) is 12.2 Å². The first-order valence-corrected chi connectivity index (χ1v) is 7.14. The van der Waals surface area contributed by atoms with E-state index < -0.39 is 16.1 Å². The molecule has 0 aliphatic rings. The molecule has 0 amide bonds. The Morgan fingerprint density at radius 1 is 1.28 bits per heavy atom. The molecule has 0 spiro atoms. The molecule has 1 rings (SSSR count). The van der Waals surface area contributed by atoms with Gasteiger partial charge in [0.05, 0.1) is 17.6 Å². The van der Waals surface area contributed by atoms with E-state index in [4.69, 9.17) is 4.74 Å². The molecule has 1 aromatic carbocycles. The molecule has 0 bridgehead atoms. The summed E-state index contributed by atoms with van der Waals surface area (Å²) in [4.78, 5) is 0.176. The SMILES string of the molecule is COCC(C)NS(=O)(=O)c1ccc(C(C)O)cc1. The molecule has 0 aromatic heterocycles. The summed E-state index contributed by atoms with van der Waals surface area (Å²) < 4.78 is 31.3. The first-order valence-electron chi connectivity index (χ1n) is 5.66. The highest BCUT2D eigenvalue weighted by Gasteiger charge is 2.17. The Kier molecular flexibility index (Phi) is 5.28. The topological polar surface area (TPSA) is 75.6 Å². The Labute approximate surface area is 108 Å². The Bertz CT molecular complexity index is 467. The minimum Gasteiger partial charge on any atom is -0.389 e. The van der Waals surface area contributed by atoms with Crippen LogP contribution >= 0.6 is 0 Å². The minimum atomic E-state index is -3.54. The summed E-state index contributed by atoms with van der Waals surface area (Å²) in [5.41, 5.74) is 0.680. The normalized spacial score (nSPS) is 15.3. The molecule has 2 N–H and O–H groups in total. The van der Waals surface area contributed by atoms with E-state index in [1.807, 2.05) is 0 Å². The van der Waals surface area contributed by atoms with Crippen LogP contribution in [-0.2, 0) is 14.8 Å². The summed E-state index contributed by atoms with van der Waals surface area (Å²) in [5, 5.41) is 9.35. The van der Waals surface area contributed by atoms with Crippen LogP contribution in [0.5, 0.6) is 0 Å². The number of aliphatic hydroxyl groups is 1. The second kappa shape index (κ2) is 6.29. The number of nitrogens with one attached hydrogen (secondary N) is 1. The maximum atomic E-state index is 12.0. The van der Waals surface area contributed by atoms with Gasteiger partial charge in [0.1, 0.15) is 0 Å². The summed E-state index contributed by atoms with van der Waals surface area (Å²) in [6, 6.07) is 5.85. The van der Waals surface area contributed by atoms with Gasteiger partial charge in [-0.25, -0.2) is 13.1 Å². The van der Waals surface area contributed by atoms with Crippen LogP contribution in [0.15, 0.2) is 29.2 Å².